The monoisotopic (exact) mass is 368 g/mol. The molecule has 0 spiro atoms. The van der Waals surface area contributed by atoms with Crippen molar-refractivity contribution < 1.29 is 14.1 Å². The van der Waals surface area contributed by atoms with E-state index in [1.54, 1.807) is 6.07 Å². The molecule has 4 heteroatoms. The maximum Gasteiger partial charge on any atom is 0.563 e. The first kappa shape index (κ1) is 18.3. The van der Waals surface area contributed by atoms with Gasteiger partial charge < -0.3 is 9.31 Å². The quantitative estimate of drug-likeness (QED) is 0.487. The van der Waals surface area contributed by atoms with Gasteiger partial charge in [-0.3, -0.25) is 4.79 Å². The van der Waals surface area contributed by atoms with Crippen molar-refractivity contribution in [1.82, 2.24) is 0 Å². The molecule has 0 aliphatic carbocycles. The molecule has 0 saturated carbocycles. The molecule has 4 rings (SSSR count). The lowest BCUT2D eigenvalue weighted by Crippen LogP contribution is -2.34. The fourth-order valence-corrected chi connectivity index (χ4v) is 3.30. The molecule has 138 valence electrons. The summed E-state index contributed by atoms with van der Waals surface area (Å²) in [6.45, 7) is 7.86. The van der Waals surface area contributed by atoms with Gasteiger partial charge in [-0.2, -0.15) is 0 Å². The highest BCUT2D eigenvalue weighted by molar-refractivity contribution is 6.62. The zero-order chi connectivity index (χ0) is 19.7. The second-order valence-corrected chi connectivity index (χ2v) is 7.45. The summed E-state index contributed by atoms with van der Waals surface area (Å²) in [6.07, 6.45) is 0.869. The van der Waals surface area contributed by atoms with Crippen LogP contribution in [0.25, 0.3) is 22.3 Å². The van der Waals surface area contributed by atoms with E-state index in [2.05, 4.69) is 30.8 Å². The van der Waals surface area contributed by atoms with Crippen LogP contribution in [0.15, 0.2) is 85.1 Å². The van der Waals surface area contributed by atoms with E-state index in [4.69, 9.17) is 9.31 Å². The molecule has 3 aromatic rings. The summed E-state index contributed by atoms with van der Waals surface area (Å²) in [5, 5.41) is 0. The van der Waals surface area contributed by atoms with E-state index >= 15 is 0 Å². The van der Waals surface area contributed by atoms with Crippen molar-refractivity contribution in [3.05, 3.63) is 90.7 Å². The molecule has 1 aliphatic rings. The lowest BCUT2D eigenvalue weighted by Gasteiger charge is -2.15. The Morgan fingerprint density at radius 3 is 2.04 bits per heavy atom. The van der Waals surface area contributed by atoms with Crippen LogP contribution in [-0.2, 0) is 9.31 Å². The molecule has 0 N–H and O–H groups in total. The summed E-state index contributed by atoms with van der Waals surface area (Å²) >= 11 is 0. The Morgan fingerprint density at radius 1 is 0.857 bits per heavy atom. The maximum absolute atomic E-state index is 11.1. The molecule has 1 aliphatic heterocycles. The maximum atomic E-state index is 11.1. The van der Waals surface area contributed by atoms with Gasteiger partial charge in [0.05, 0.1) is 5.76 Å². The highest BCUT2D eigenvalue weighted by Crippen LogP contribution is 2.30. The summed E-state index contributed by atoms with van der Waals surface area (Å²) < 4.78 is 11.8. The minimum absolute atomic E-state index is 0.449. The smallest absolute Gasteiger partial charge is 0.534 e. The minimum atomic E-state index is -0.496. The molecule has 0 bridgehead atoms. The Labute approximate surface area is 165 Å². The molecular formula is C24H21BO3. The highest BCUT2D eigenvalue weighted by Gasteiger charge is 2.42. The third-order valence-electron chi connectivity index (χ3n) is 5.03. The SMILES string of the molecule is C=C1OB(c2cccc(-c3cccc(-c4cccc(C=O)c4)c3)c2)OC1(C)C. The predicted molar refractivity (Wildman–Crippen MR) is 113 cm³/mol. The van der Waals surface area contributed by atoms with E-state index in [9.17, 15) is 4.79 Å². The van der Waals surface area contributed by atoms with Crippen molar-refractivity contribution in [3.8, 4) is 22.3 Å². The molecule has 3 nitrogen and oxygen atoms in total. The summed E-state index contributed by atoms with van der Waals surface area (Å²) in [4.78, 5) is 11.1. The van der Waals surface area contributed by atoms with E-state index < -0.39 is 12.7 Å². The molecule has 1 fully saturated rings. The van der Waals surface area contributed by atoms with Gasteiger partial charge in [0, 0.05) is 5.56 Å². The molecule has 1 heterocycles. The van der Waals surface area contributed by atoms with Crippen molar-refractivity contribution in [3.63, 3.8) is 0 Å². The zero-order valence-electron chi connectivity index (χ0n) is 16.0. The van der Waals surface area contributed by atoms with Crippen LogP contribution >= 0.6 is 0 Å². The van der Waals surface area contributed by atoms with Gasteiger partial charge in [-0.15, -0.1) is 0 Å². The van der Waals surface area contributed by atoms with Gasteiger partial charge in [0.25, 0.3) is 0 Å². The Hall–Kier alpha value is -3.11. The third-order valence-corrected chi connectivity index (χ3v) is 5.03. The van der Waals surface area contributed by atoms with Crippen LogP contribution in [0.5, 0.6) is 0 Å². The van der Waals surface area contributed by atoms with Crippen LogP contribution in [0.2, 0.25) is 0 Å². The van der Waals surface area contributed by atoms with Gasteiger partial charge in [0.2, 0.25) is 0 Å². The average molecular weight is 368 g/mol. The van der Waals surface area contributed by atoms with Crippen LogP contribution in [0.3, 0.4) is 0 Å². The number of hydrogen-bond donors (Lipinski definition) is 0. The summed E-state index contributed by atoms with van der Waals surface area (Å²) in [7, 11) is -0.449. The first-order valence-electron chi connectivity index (χ1n) is 9.26. The zero-order valence-corrected chi connectivity index (χ0v) is 16.0. The average Bonchev–Trinajstić information content (AvgIpc) is 3.01. The summed E-state index contributed by atoms with van der Waals surface area (Å²) in [5.41, 5.74) is 5.38. The minimum Gasteiger partial charge on any atom is -0.534 e. The molecule has 0 atom stereocenters. The highest BCUT2D eigenvalue weighted by atomic mass is 16.7. The Morgan fingerprint density at radius 2 is 1.43 bits per heavy atom. The largest absolute Gasteiger partial charge is 0.563 e. The van der Waals surface area contributed by atoms with Crippen molar-refractivity contribution in [1.29, 1.82) is 0 Å². The van der Waals surface area contributed by atoms with E-state index in [0.29, 0.717) is 11.3 Å². The standard InChI is InChI=1S/C24H21BO3/c1-17-24(2,3)28-25(27-17)23-12-6-11-22(15-23)21-10-5-9-20(14-21)19-8-4-7-18(13-19)16-26/h4-16H,1H2,2-3H3. The van der Waals surface area contributed by atoms with Crippen LogP contribution in [-0.4, -0.2) is 19.0 Å². The van der Waals surface area contributed by atoms with Crippen LogP contribution in [0, 0.1) is 0 Å². The summed E-state index contributed by atoms with van der Waals surface area (Å²) in [5.74, 6) is 0.639. The molecule has 0 radical (unpaired) electrons. The van der Waals surface area contributed by atoms with Gasteiger partial charge >= 0.3 is 7.12 Å². The fourth-order valence-electron chi connectivity index (χ4n) is 3.30. The van der Waals surface area contributed by atoms with Crippen LogP contribution in [0.4, 0.5) is 0 Å². The Bertz CT molecular complexity index is 1050. The van der Waals surface area contributed by atoms with E-state index in [0.717, 1.165) is 34.0 Å². The summed E-state index contributed by atoms with van der Waals surface area (Å²) in [6, 6.07) is 24.0. The number of benzene rings is 3. The normalized spacial score (nSPS) is 15.4. The van der Waals surface area contributed by atoms with Crippen molar-refractivity contribution in [2.45, 2.75) is 19.4 Å². The van der Waals surface area contributed by atoms with Gasteiger partial charge in [-0.1, -0.05) is 67.2 Å². The molecule has 0 amide bonds. The molecular weight excluding hydrogens is 347 g/mol. The van der Waals surface area contributed by atoms with Crippen molar-refractivity contribution in [2.75, 3.05) is 0 Å². The fraction of sp³-hybridized carbons (Fsp3) is 0.125. The number of rotatable bonds is 4. The Balaban J connectivity index is 1.67. The van der Waals surface area contributed by atoms with Crippen molar-refractivity contribution >= 4 is 18.9 Å². The van der Waals surface area contributed by atoms with E-state index in [1.165, 1.54) is 0 Å². The van der Waals surface area contributed by atoms with E-state index in [-0.39, 0.29) is 0 Å². The topological polar surface area (TPSA) is 35.5 Å². The van der Waals surface area contributed by atoms with E-state index in [1.807, 2.05) is 56.3 Å². The molecule has 3 aromatic carbocycles. The third kappa shape index (κ3) is 3.51. The molecule has 1 saturated heterocycles. The lowest BCUT2D eigenvalue weighted by molar-refractivity contribution is 0.112. The van der Waals surface area contributed by atoms with Gasteiger partial charge in [0.15, 0.2) is 0 Å². The lowest BCUT2D eigenvalue weighted by atomic mass is 9.78. The van der Waals surface area contributed by atoms with Crippen LogP contribution < -0.4 is 5.46 Å². The molecule has 0 unspecified atom stereocenters. The van der Waals surface area contributed by atoms with Crippen molar-refractivity contribution in [2.24, 2.45) is 0 Å². The first-order chi connectivity index (χ1) is 13.5. The van der Waals surface area contributed by atoms with Gasteiger partial charge in [0.1, 0.15) is 11.9 Å². The molecule has 28 heavy (non-hydrogen) atoms. The number of carbonyl (C=O) groups is 1. The second-order valence-electron chi connectivity index (χ2n) is 7.45. The second kappa shape index (κ2) is 7.14. The number of aldehydes is 1. The number of hydrogen-bond acceptors (Lipinski definition) is 3. The number of carbonyl (C=O) groups excluding carboxylic acids is 1. The molecule has 0 aromatic heterocycles. The van der Waals surface area contributed by atoms with Gasteiger partial charge in [-0.05, 0) is 53.7 Å². The van der Waals surface area contributed by atoms with Crippen LogP contribution in [0.1, 0.15) is 24.2 Å². The first-order valence-corrected chi connectivity index (χ1v) is 9.26. The predicted octanol–water partition coefficient (Wildman–Crippen LogP) is 4.87. The Kier molecular flexibility index (Phi) is 4.66. The van der Waals surface area contributed by atoms with Gasteiger partial charge in [-0.25, -0.2) is 0 Å².